The van der Waals surface area contributed by atoms with E-state index in [0.717, 1.165) is 165 Å². The fourth-order valence-electron chi connectivity index (χ4n) is 18.9. The second kappa shape index (κ2) is 39.3. The molecule has 4 saturated carbocycles. The van der Waals surface area contributed by atoms with Crippen LogP contribution in [0.5, 0.6) is 23.0 Å². The molecular formula is C94H112BrF12NO8. The van der Waals surface area contributed by atoms with Crippen molar-refractivity contribution in [3.05, 3.63) is 166 Å². The molecule has 0 aromatic heterocycles. The summed E-state index contributed by atoms with van der Waals surface area (Å²) < 4.78 is 191. The highest BCUT2D eigenvalue weighted by molar-refractivity contribution is 9.09. The molecule has 8 aromatic carbocycles. The highest BCUT2D eigenvalue weighted by atomic mass is 79.9. The Hall–Kier alpha value is -7.30. The zero-order chi connectivity index (χ0) is 83.6. The number of carbonyl (C=O) groups excluding carboxylic acids is 1. The number of rotatable bonds is 20. The first kappa shape index (κ1) is 89.5. The standard InChI is InChI=1S/C30H38F3NO3.C22H26BrF3O.C22H27F3O2.C20H21F3O2/c1-3-19-7-11-25(12-8-19)37-27-14-10-21-15-20(9-13-26(21)28(27)30(31,32)33)18(2)34-23-5-4-6-24(34)17-22(16-23)29(35)36;1-3-14-5-9-17(10-6-14)27-20-12-8-15-13-16(19(23)4-2)7-11-18(15)21(20)22(24,25)26;1-3-14-5-9-17(10-6-14)27-20-12-8-15-13-16(19(26)4-2)7-11-18(15)21(20)22(23,24)25;1-2-13-3-7-16(8-4-13)25-18-10-6-15-11-14(12-24)5-9-17(15)19(18)20(21,22)23/h9-10,13-15,18-19,22-25H,3-8,11-12,16-17H2,1-2H3,(H,35,36);7-8,11-14,17,19H,3-6,9-10H2,1-2H3;7-8,11-14,17,19,26H,3-6,9-10H2,1-2H3;5-6,9-13,16H,2-4,7-8H2,1H3. The van der Waals surface area contributed by atoms with Gasteiger partial charge in [0.05, 0.1) is 36.4 Å². The summed E-state index contributed by atoms with van der Waals surface area (Å²) in [6.07, 6.45) is 6.02. The first-order valence-electron chi connectivity index (χ1n) is 42.2. The number of carboxylic acids is 1. The van der Waals surface area contributed by atoms with E-state index in [1.807, 2.05) is 32.0 Å². The molecule has 22 heteroatoms. The van der Waals surface area contributed by atoms with Crippen LogP contribution >= 0.6 is 15.9 Å². The number of aliphatic hydroxyl groups is 1. The molecule has 116 heavy (non-hydrogen) atoms. The van der Waals surface area contributed by atoms with Crippen molar-refractivity contribution in [3.63, 3.8) is 0 Å². The van der Waals surface area contributed by atoms with Gasteiger partial charge in [-0.2, -0.15) is 52.7 Å². The van der Waals surface area contributed by atoms with Crippen molar-refractivity contribution in [1.29, 1.82) is 0 Å². The minimum absolute atomic E-state index is 0.00783. The van der Waals surface area contributed by atoms with Crippen LogP contribution in [-0.4, -0.2) is 63.9 Å². The van der Waals surface area contributed by atoms with E-state index in [1.165, 1.54) is 48.5 Å². The predicted molar refractivity (Wildman–Crippen MR) is 437 cm³/mol. The number of alkyl halides is 13. The number of ether oxygens (including phenoxy) is 4. The summed E-state index contributed by atoms with van der Waals surface area (Å²) >= 11 is 3.57. The Bertz CT molecular complexity index is 4440. The Balaban J connectivity index is 0.000000154. The summed E-state index contributed by atoms with van der Waals surface area (Å²) in [5.41, 5.74) is 0.155. The summed E-state index contributed by atoms with van der Waals surface area (Å²) in [6, 6.07) is 32.3. The molecule has 8 aromatic rings. The summed E-state index contributed by atoms with van der Waals surface area (Å²) in [5.74, 6) is 1.32. The Morgan fingerprint density at radius 1 is 0.422 bits per heavy atom. The number of aliphatic carboxylic acids is 1. The molecule has 5 atom stereocenters. The fourth-order valence-corrected chi connectivity index (χ4v) is 19.1. The van der Waals surface area contributed by atoms with Crippen LogP contribution in [0.1, 0.15) is 288 Å². The minimum Gasteiger partial charge on any atom is -0.490 e. The van der Waals surface area contributed by atoms with Crippen LogP contribution in [0.15, 0.2) is 121 Å². The molecule has 9 nitrogen and oxygen atoms in total. The predicted octanol–water partition coefficient (Wildman–Crippen LogP) is 28.7. The number of carbonyl (C=O) groups is 2. The maximum Gasteiger partial charge on any atom is 0.420 e. The SMILES string of the molecule is CCC1CCC(Oc2ccc3cc(C(Br)CC)ccc3c2C(F)(F)F)CC1.CCC1CCC(Oc2ccc3cc(C(C)N4C5CCCC4CC(C(=O)O)C5)ccc3c2C(F)(F)F)CC1.CCC1CCC(Oc2ccc3cc(C(O)CC)ccc3c2C(F)(F)F)CC1.CCC1CCC(Oc2ccc3cc(C=O)ccc3c2C(F)(F)F)CC1. The van der Waals surface area contributed by atoms with Crippen LogP contribution in [0.4, 0.5) is 52.7 Å². The van der Waals surface area contributed by atoms with Crippen LogP contribution in [0.25, 0.3) is 43.1 Å². The largest absolute Gasteiger partial charge is 0.490 e. The number of aldehydes is 1. The Labute approximate surface area is 682 Å². The number of aliphatic hydroxyl groups excluding tert-OH is 1. The highest BCUT2D eigenvalue weighted by Gasteiger charge is 2.45. The average molecular weight is 1690 g/mol. The van der Waals surface area contributed by atoms with Gasteiger partial charge in [-0.05, 0) is 274 Å². The molecule has 4 aliphatic carbocycles. The first-order valence-corrected chi connectivity index (χ1v) is 43.1. The summed E-state index contributed by atoms with van der Waals surface area (Å²) in [5, 5.41) is 22.1. The lowest BCUT2D eigenvalue weighted by Crippen LogP contribution is -2.53. The van der Waals surface area contributed by atoms with Crippen molar-refractivity contribution < 1.29 is 91.4 Å². The summed E-state index contributed by atoms with van der Waals surface area (Å²) in [4.78, 5) is 25.1. The van der Waals surface area contributed by atoms with Crippen LogP contribution in [0, 0.1) is 29.6 Å². The molecular weight excluding hydrogens is 1580 g/mol. The molecule has 0 amide bonds. The average Bonchev–Trinajstić information content (AvgIpc) is 0.786. The Morgan fingerprint density at radius 3 is 1.03 bits per heavy atom. The maximum absolute atomic E-state index is 14.3. The molecule has 2 heterocycles. The molecule has 2 N–H and O–H groups in total. The van der Waals surface area contributed by atoms with Crippen LogP contribution < -0.4 is 18.9 Å². The van der Waals surface area contributed by atoms with Gasteiger partial charge >= 0.3 is 30.7 Å². The van der Waals surface area contributed by atoms with Crippen molar-refractivity contribution >= 4 is 71.3 Å². The molecule has 6 aliphatic rings. The van der Waals surface area contributed by atoms with Gasteiger partial charge in [-0.15, -0.1) is 0 Å². The van der Waals surface area contributed by atoms with E-state index in [4.69, 9.17) is 18.9 Å². The molecule has 0 radical (unpaired) electrons. The van der Waals surface area contributed by atoms with Crippen molar-refractivity contribution in [1.82, 2.24) is 4.90 Å². The molecule has 14 rings (SSSR count). The third-order valence-electron chi connectivity index (χ3n) is 25.8. The zero-order valence-electron chi connectivity index (χ0n) is 67.5. The normalized spacial score (nSPS) is 24.3. The van der Waals surface area contributed by atoms with Gasteiger partial charge in [0.25, 0.3) is 0 Å². The second-order valence-electron chi connectivity index (χ2n) is 33.1. The number of halogens is 13. The summed E-state index contributed by atoms with van der Waals surface area (Å²) in [7, 11) is 0. The van der Waals surface area contributed by atoms with Gasteiger partial charge in [0.15, 0.2) is 0 Å². The Kier molecular flexibility index (Phi) is 30.3. The third kappa shape index (κ3) is 22.0. The fraction of sp³-hybridized carbons (Fsp3) is 0.553. The number of piperidine rings is 2. The van der Waals surface area contributed by atoms with E-state index in [2.05, 4.69) is 55.4 Å². The number of fused-ring (bicyclic) bond motifs is 6. The maximum atomic E-state index is 14.3. The third-order valence-corrected chi connectivity index (χ3v) is 26.9. The second-order valence-corrected chi connectivity index (χ2v) is 34.2. The zero-order valence-corrected chi connectivity index (χ0v) is 69.1. The Morgan fingerprint density at radius 2 is 0.724 bits per heavy atom. The van der Waals surface area contributed by atoms with Crippen molar-refractivity contribution in [3.8, 4) is 23.0 Å². The lowest BCUT2D eigenvalue weighted by molar-refractivity contribution is -0.147. The van der Waals surface area contributed by atoms with Crippen molar-refractivity contribution in [2.75, 3.05) is 0 Å². The number of carboxylic acid groups (broad SMARTS) is 1. The van der Waals surface area contributed by atoms with Crippen molar-refractivity contribution in [2.24, 2.45) is 29.6 Å². The molecule has 2 saturated heterocycles. The van der Waals surface area contributed by atoms with E-state index in [1.54, 1.807) is 54.6 Å². The first-order chi connectivity index (χ1) is 55.2. The topological polar surface area (TPSA) is 115 Å². The van der Waals surface area contributed by atoms with Crippen molar-refractivity contribution in [2.45, 2.75) is 300 Å². The van der Waals surface area contributed by atoms with E-state index in [-0.39, 0.29) is 97.8 Å². The number of benzene rings is 8. The highest BCUT2D eigenvalue weighted by Crippen LogP contribution is 2.50. The molecule has 632 valence electrons. The van der Waals surface area contributed by atoms with E-state index in [0.29, 0.717) is 81.9 Å². The van der Waals surface area contributed by atoms with Gasteiger partial charge in [-0.25, -0.2) is 0 Å². The van der Waals surface area contributed by atoms with Gasteiger partial charge in [-0.1, -0.05) is 168 Å². The molecule has 0 spiro atoms. The van der Waals surface area contributed by atoms with Crippen LogP contribution in [-0.2, 0) is 29.5 Å². The molecule has 5 unspecified atom stereocenters. The van der Waals surface area contributed by atoms with E-state index < -0.39 is 59.0 Å². The lowest BCUT2D eigenvalue weighted by Gasteiger charge is -2.51. The number of hydrogen-bond acceptors (Lipinski definition) is 8. The molecule has 2 aliphatic heterocycles. The van der Waals surface area contributed by atoms with Gasteiger partial charge in [0.1, 0.15) is 51.5 Å². The minimum atomic E-state index is -4.52. The van der Waals surface area contributed by atoms with Crippen LogP contribution in [0.3, 0.4) is 0 Å². The summed E-state index contributed by atoms with van der Waals surface area (Å²) in [6.45, 7) is 14.6. The monoisotopic (exact) mass is 1690 g/mol. The van der Waals surface area contributed by atoms with Gasteiger partial charge in [-0.3, -0.25) is 14.5 Å². The lowest BCUT2D eigenvalue weighted by atomic mass is 9.77. The smallest absolute Gasteiger partial charge is 0.420 e. The number of nitrogens with zero attached hydrogens (tertiary/aromatic N) is 1. The van der Waals surface area contributed by atoms with E-state index >= 15 is 0 Å². The van der Waals surface area contributed by atoms with Gasteiger partial charge in [0.2, 0.25) is 0 Å². The van der Waals surface area contributed by atoms with E-state index in [9.17, 15) is 72.5 Å². The van der Waals surface area contributed by atoms with Gasteiger partial charge in [0, 0.05) is 28.5 Å². The number of hydrogen-bond donors (Lipinski definition) is 2. The molecule has 6 fully saturated rings. The quantitative estimate of drug-likeness (QED) is 0.0437. The molecule has 2 bridgehead atoms. The van der Waals surface area contributed by atoms with Gasteiger partial charge < -0.3 is 29.2 Å². The van der Waals surface area contributed by atoms with Crippen LogP contribution in [0.2, 0.25) is 0 Å².